The largest absolute Gasteiger partial charge is 0.479 e. The molecular weight excluding hydrogens is 442 g/mol. The Morgan fingerprint density at radius 3 is 2.64 bits per heavy atom. The van der Waals surface area contributed by atoms with Gasteiger partial charge in [-0.15, -0.1) is 0 Å². The van der Waals surface area contributed by atoms with Gasteiger partial charge in [0.05, 0.1) is 16.5 Å². The standard InChI is InChI=1S/C24H29N3O5S/c1-14-7-8-19(15(2)10-14)25-24(29)18-6-5-9-27(13-18)33(30,31)22-12-21-20(11-16(22)3)26-23(28)17(4)32-21/h7-8,10-12,17-18H,5-6,9,13H2,1-4H3,(H,25,29)(H,26,28)/t17-,18-/m0/s1. The van der Waals surface area contributed by atoms with Crippen molar-refractivity contribution in [1.29, 1.82) is 0 Å². The number of aryl methyl sites for hydroxylation is 3. The molecule has 2 aliphatic heterocycles. The van der Waals surface area contributed by atoms with Crippen LogP contribution in [0.3, 0.4) is 0 Å². The summed E-state index contributed by atoms with van der Waals surface area (Å²) in [6.45, 7) is 7.68. The molecule has 2 N–H and O–H groups in total. The van der Waals surface area contributed by atoms with E-state index < -0.39 is 22.0 Å². The van der Waals surface area contributed by atoms with Crippen molar-refractivity contribution in [2.24, 2.45) is 5.92 Å². The molecule has 1 fully saturated rings. The number of sulfonamides is 1. The predicted molar refractivity (Wildman–Crippen MR) is 126 cm³/mol. The maximum Gasteiger partial charge on any atom is 0.265 e. The maximum atomic E-state index is 13.5. The van der Waals surface area contributed by atoms with E-state index in [1.807, 2.05) is 32.0 Å². The number of piperidine rings is 1. The topological polar surface area (TPSA) is 105 Å². The number of fused-ring (bicyclic) bond motifs is 1. The second-order valence-electron chi connectivity index (χ2n) is 8.87. The smallest absolute Gasteiger partial charge is 0.265 e. The van der Waals surface area contributed by atoms with Crippen molar-refractivity contribution in [2.45, 2.75) is 51.5 Å². The highest BCUT2D eigenvalue weighted by molar-refractivity contribution is 7.89. The molecule has 0 radical (unpaired) electrons. The minimum atomic E-state index is -3.85. The fraction of sp³-hybridized carbons (Fsp3) is 0.417. The van der Waals surface area contributed by atoms with Gasteiger partial charge in [-0.25, -0.2) is 8.42 Å². The molecule has 0 saturated carbocycles. The molecule has 176 valence electrons. The summed E-state index contributed by atoms with van der Waals surface area (Å²) < 4.78 is 34.0. The molecule has 2 heterocycles. The van der Waals surface area contributed by atoms with E-state index in [1.54, 1.807) is 19.9 Å². The Morgan fingerprint density at radius 1 is 1.15 bits per heavy atom. The van der Waals surface area contributed by atoms with Gasteiger partial charge in [-0.1, -0.05) is 17.7 Å². The molecular formula is C24H29N3O5S. The molecule has 33 heavy (non-hydrogen) atoms. The fourth-order valence-electron chi connectivity index (χ4n) is 4.32. The van der Waals surface area contributed by atoms with E-state index in [1.165, 1.54) is 10.4 Å². The van der Waals surface area contributed by atoms with E-state index in [0.29, 0.717) is 36.4 Å². The van der Waals surface area contributed by atoms with Crippen LogP contribution in [0.2, 0.25) is 0 Å². The van der Waals surface area contributed by atoms with Gasteiger partial charge in [0, 0.05) is 24.8 Å². The minimum absolute atomic E-state index is 0.115. The SMILES string of the molecule is Cc1ccc(NC(=O)[C@H]2CCCN(S(=O)(=O)c3cc4c(cc3C)NC(=O)[C@H](C)O4)C2)c(C)c1. The van der Waals surface area contributed by atoms with Crippen molar-refractivity contribution in [3.63, 3.8) is 0 Å². The third-order valence-corrected chi connectivity index (χ3v) is 8.23. The lowest BCUT2D eigenvalue weighted by atomic mass is 9.98. The molecule has 9 heteroatoms. The van der Waals surface area contributed by atoms with Crippen LogP contribution in [-0.4, -0.2) is 43.7 Å². The van der Waals surface area contributed by atoms with E-state index in [0.717, 1.165) is 16.8 Å². The zero-order chi connectivity index (χ0) is 23.9. The molecule has 2 aliphatic rings. The van der Waals surface area contributed by atoms with Gasteiger partial charge in [0.1, 0.15) is 5.75 Å². The van der Waals surface area contributed by atoms with Gasteiger partial charge in [0.15, 0.2) is 6.10 Å². The lowest BCUT2D eigenvalue weighted by molar-refractivity contribution is -0.123. The Kier molecular flexibility index (Phi) is 6.20. The van der Waals surface area contributed by atoms with Crippen LogP contribution in [0, 0.1) is 26.7 Å². The average molecular weight is 472 g/mol. The van der Waals surface area contributed by atoms with E-state index in [2.05, 4.69) is 10.6 Å². The van der Waals surface area contributed by atoms with Crippen molar-refractivity contribution in [2.75, 3.05) is 23.7 Å². The second-order valence-corrected chi connectivity index (χ2v) is 10.8. The Morgan fingerprint density at radius 2 is 1.91 bits per heavy atom. The lowest BCUT2D eigenvalue weighted by Crippen LogP contribution is -2.44. The van der Waals surface area contributed by atoms with Crippen molar-refractivity contribution in [3.8, 4) is 5.75 Å². The van der Waals surface area contributed by atoms with Gasteiger partial charge in [-0.05, 0) is 63.8 Å². The Balaban J connectivity index is 1.54. The highest BCUT2D eigenvalue weighted by atomic mass is 32.2. The van der Waals surface area contributed by atoms with Crippen molar-refractivity contribution >= 4 is 33.2 Å². The normalized spacial score (nSPS) is 21.0. The first-order valence-corrected chi connectivity index (χ1v) is 12.5. The maximum absolute atomic E-state index is 13.5. The van der Waals surface area contributed by atoms with Gasteiger partial charge in [0.25, 0.3) is 5.91 Å². The number of hydrogen-bond acceptors (Lipinski definition) is 5. The van der Waals surface area contributed by atoms with E-state index in [-0.39, 0.29) is 23.3 Å². The molecule has 0 spiro atoms. The average Bonchev–Trinajstić information content (AvgIpc) is 2.76. The minimum Gasteiger partial charge on any atom is -0.479 e. The molecule has 2 aromatic rings. The van der Waals surface area contributed by atoms with Crippen molar-refractivity contribution < 1.29 is 22.7 Å². The zero-order valence-corrected chi connectivity index (χ0v) is 20.1. The number of rotatable bonds is 4. The summed E-state index contributed by atoms with van der Waals surface area (Å²) >= 11 is 0. The molecule has 0 unspecified atom stereocenters. The quantitative estimate of drug-likeness (QED) is 0.711. The number of amides is 2. The number of nitrogens with zero attached hydrogens (tertiary/aromatic N) is 1. The molecule has 1 saturated heterocycles. The Labute approximate surface area is 194 Å². The predicted octanol–water partition coefficient (Wildman–Crippen LogP) is 3.37. The van der Waals surface area contributed by atoms with Crippen LogP contribution in [-0.2, 0) is 19.6 Å². The Hall–Kier alpha value is -2.91. The summed E-state index contributed by atoms with van der Waals surface area (Å²) in [6, 6.07) is 8.88. The fourth-order valence-corrected chi connectivity index (χ4v) is 6.07. The van der Waals surface area contributed by atoms with Crippen LogP contribution in [0.4, 0.5) is 11.4 Å². The summed E-state index contributed by atoms with van der Waals surface area (Å²) in [5.41, 5.74) is 3.78. The van der Waals surface area contributed by atoms with Gasteiger partial charge < -0.3 is 15.4 Å². The summed E-state index contributed by atoms with van der Waals surface area (Å²) in [7, 11) is -3.85. The number of nitrogens with one attached hydrogen (secondary N) is 2. The highest BCUT2D eigenvalue weighted by Gasteiger charge is 2.35. The molecule has 2 amide bonds. The van der Waals surface area contributed by atoms with Crippen LogP contribution < -0.4 is 15.4 Å². The molecule has 2 atom stereocenters. The molecule has 0 aliphatic carbocycles. The first-order chi connectivity index (χ1) is 15.6. The van der Waals surface area contributed by atoms with E-state index >= 15 is 0 Å². The van der Waals surface area contributed by atoms with Gasteiger partial charge >= 0.3 is 0 Å². The lowest BCUT2D eigenvalue weighted by Gasteiger charge is -2.32. The number of carbonyl (C=O) groups excluding carboxylic acids is 2. The van der Waals surface area contributed by atoms with Crippen LogP contribution in [0.25, 0.3) is 0 Å². The number of carbonyl (C=O) groups is 2. The summed E-state index contributed by atoms with van der Waals surface area (Å²) in [4.78, 5) is 24.9. The first-order valence-electron chi connectivity index (χ1n) is 11.1. The number of benzene rings is 2. The second kappa shape index (κ2) is 8.79. The van der Waals surface area contributed by atoms with E-state index in [4.69, 9.17) is 4.74 Å². The number of hydrogen-bond donors (Lipinski definition) is 2. The van der Waals surface area contributed by atoms with Crippen LogP contribution in [0.1, 0.15) is 36.5 Å². The number of anilines is 2. The van der Waals surface area contributed by atoms with Crippen LogP contribution in [0.15, 0.2) is 35.2 Å². The Bertz CT molecular complexity index is 1220. The van der Waals surface area contributed by atoms with E-state index in [9.17, 15) is 18.0 Å². The number of ether oxygens (including phenoxy) is 1. The summed E-state index contributed by atoms with van der Waals surface area (Å²) in [6.07, 6.45) is 0.514. The van der Waals surface area contributed by atoms with Crippen LogP contribution >= 0.6 is 0 Å². The van der Waals surface area contributed by atoms with Gasteiger partial charge in [-0.3, -0.25) is 9.59 Å². The monoisotopic (exact) mass is 471 g/mol. The molecule has 0 bridgehead atoms. The molecule has 0 aromatic heterocycles. The summed E-state index contributed by atoms with van der Waals surface area (Å²) in [5.74, 6) is -0.565. The van der Waals surface area contributed by atoms with Gasteiger partial charge in [0.2, 0.25) is 15.9 Å². The first kappa shape index (κ1) is 23.3. The van der Waals surface area contributed by atoms with Crippen molar-refractivity contribution in [1.82, 2.24) is 4.31 Å². The third kappa shape index (κ3) is 4.60. The summed E-state index contributed by atoms with van der Waals surface area (Å²) in [5, 5.41) is 5.70. The van der Waals surface area contributed by atoms with Crippen molar-refractivity contribution in [3.05, 3.63) is 47.0 Å². The zero-order valence-electron chi connectivity index (χ0n) is 19.3. The third-order valence-electron chi connectivity index (χ3n) is 6.22. The molecule has 8 nitrogen and oxygen atoms in total. The van der Waals surface area contributed by atoms with Crippen LogP contribution in [0.5, 0.6) is 5.75 Å². The molecule has 4 rings (SSSR count). The molecule has 2 aromatic carbocycles. The van der Waals surface area contributed by atoms with Gasteiger partial charge in [-0.2, -0.15) is 4.31 Å². The highest BCUT2D eigenvalue weighted by Crippen LogP contribution is 2.36.